The average Bonchev–Trinajstić information content (AvgIpc) is 2.69. The number of ether oxygens (including phenoxy) is 2. The Morgan fingerprint density at radius 3 is 2.28 bits per heavy atom. The van der Waals surface area contributed by atoms with Gasteiger partial charge in [0.25, 0.3) is 0 Å². The van der Waals surface area contributed by atoms with Crippen LogP contribution in [0.15, 0.2) is 36.7 Å². The molecule has 7 nitrogen and oxygen atoms in total. The fraction of sp³-hybridized carbons (Fsp3) is 0.476. The van der Waals surface area contributed by atoms with Crippen LogP contribution in [0.2, 0.25) is 0 Å². The molecule has 0 saturated carbocycles. The number of anilines is 1. The van der Waals surface area contributed by atoms with Crippen LogP contribution in [0, 0.1) is 5.82 Å². The van der Waals surface area contributed by atoms with Gasteiger partial charge in [-0.15, -0.1) is 0 Å². The molecule has 1 aliphatic rings. The fourth-order valence-electron chi connectivity index (χ4n) is 2.90. The molecule has 0 unspecified atom stereocenters. The third kappa shape index (κ3) is 6.30. The van der Waals surface area contributed by atoms with Crippen LogP contribution < -0.4 is 9.64 Å². The highest BCUT2D eigenvalue weighted by atomic mass is 19.1. The summed E-state index contributed by atoms with van der Waals surface area (Å²) in [6, 6.07) is 6.37. The molecule has 1 amide bonds. The number of amides is 1. The van der Waals surface area contributed by atoms with E-state index in [9.17, 15) is 9.18 Å². The number of aromatic nitrogens is 2. The molecule has 1 aromatic heterocycles. The molecule has 0 atom stereocenters. The first-order valence-corrected chi connectivity index (χ1v) is 9.72. The van der Waals surface area contributed by atoms with Crippen LogP contribution in [0.3, 0.4) is 0 Å². The molecule has 2 aromatic rings. The topological polar surface area (TPSA) is 67.8 Å². The molecule has 1 fully saturated rings. The molecular weight excluding hydrogens is 375 g/mol. The monoisotopic (exact) mass is 402 g/mol. The summed E-state index contributed by atoms with van der Waals surface area (Å²) in [6.45, 7) is 8.45. The van der Waals surface area contributed by atoms with Crippen molar-refractivity contribution in [2.75, 3.05) is 37.7 Å². The second-order valence-corrected chi connectivity index (χ2v) is 7.90. The Bertz CT molecular complexity index is 798. The quantitative estimate of drug-likeness (QED) is 0.765. The zero-order valence-electron chi connectivity index (χ0n) is 17.1. The standard InChI is InChI=1S/C21H27FN4O3/c1-21(2,3)29-20(27)26-11-9-25(10-12-26)19-23-14-18(15-24-19)28-13-8-16-4-6-17(22)7-5-16/h4-7,14-15H,8-13H2,1-3H3. The number of piperazine rings is 1. The highest BCUT2D eigenvalue weighted by Crippen LogP contribution is 2.16. The minimum atomic E-state index is -0.496. The highest BCUT2D eigenvalue weighted by Gasteiger charge is 2.26. The van der Waals surface area contributed by atoms with Gasteiger partial charge >= 0.3 is 6.09 Å². The lowest BCUT2D eigenvalue weighted by atomic mass is 10.2. The Balaban J connectivity index is 1.44. The predicted molar refractivity (Wildman–Crippen MR) is 108 cm³/mol. The number of rotatable bonds is 5. The third-order valence-electron chi connectivity index (χ3n) is 4.40. The van der Waals surface area contributed by atoms with Crippen molar-refractivity contribution in [3.05, 3.63) is 48.0 Å². The van der Waals surface area contributed by atoms with Gasteiger partial charge in [0.1, 0.15) is 11.4 Å². The summed E-state index contributed by atoms with van der Waals surface area (Å²) in [4.78, 5) is 24.6. The van der Waals surface area contributed by atoms with E-state index in [1.165, 1.54) is 12.1 Å². The first-order valence-electron chi connectivity index (χ1n) is 9.72. The largest absolute Gasteiger partial charge is 0.490 e. The van der Waals surface area contributed by atoms with Gasteiger partial charge in [-0.25, -0.2) is 19.2 Å². The maximum absolute atomic E-state index is 12.9. The van der Waals surface area contributed by atoms with Gasteiger partial charge in [0, 0.05) is 32.6 Å². The molecular formula is C21H27FN4O3. The molecule has 1 aromatic carbocycles. The van der Waals surface area contributed by atoms with Crippen molar-refractivity contribution in [1.29, 1.82) is 0 Å². The Hall–Kier alpha value is -2.90. The number of hydrogen-bond acceptors (Lipinski definition) is 6. The summed E-state index contributed by atoms with van der Waals surface area (Å²) >= 11 is 0. The number of carbonyl (C=O) groups excluding carboxylic acids is 1. The maximum Gasteiger partial charge on any atom is 0.410 e. The van der Waals surface area contributed by atoms with E-state index in [1.807, 2.05) is 25.7 Å². The number of carbonyl (C=O) groups is 1. The summed E-state index contributed by atoms with van der Waals surface area (Å²) in [6.07, 6.45) is 3.68. The number of hydrogen-bond donors (Lipinski definition) is 0. The Morgan fingerprint density at radius 2 is 1.69 bits per heavy atom. The van der Waals surface area contributed by atoms with Crippen LogP contribution >= 0.6 is 0 Å². The highest BCUT2D eigenvalue weighted by molar-refractivity contribution is 5.68. The zero-order valence-corrected chi connectivity index (χ0v) is 17.1. The van der Waals surface area contributed by atoms with Crippen molar-refractivity contribution >= 4 is 12.0 Å². The zero-order chi connectivity index (χ0) is 20.9. The first-order chi connectivity index (χ1) is 13.8. The van der Waals surface area contributed by atoms with E-state index >= 15 is 0 Å². The van der Waals surface area contributed by atoms with Crippen LogP contribution in [-0.2, 0) is 11.2 Å². The predicted octanol–water partition coefficient (Wildman–Crippen LogP) is 3.29. The summed E-state index contributed by atoms with van der Waals surface area (Å²) in [5.74, 6) is 0.952. The molecule has 156 valence electrons. The molecule has 2 heterocycles. The molecule has 0 N–H and O–H groups in total. The lowest BCUT2D eigenvalue weighted by Gasteiger charge is -2.35. The molecule has 3 rings (SSSR count). The number of halogens is 1. The van der Waals surface area contributed by atoms with Crippen molar-refractivity contribution in [2.24, 2.45) is 0 Å². The van der Waals surface area contributed by atoms with Crippen molar-refractivity contribution in [1.82, 2.24) is 14.9 Å². The Morgan fingerprint density at radius 1 is 1.07 bits per heavy atom. The fourth-order valence-corrected chi connectivity index (χ4v) is 2.90. The second-order valence-electron chi connectivity index (χ2n) is 7.90. The van der Waals surface area contributed by atoms with E-state index in [4.69, 9.17) is 9.47 Å². The average molecular weight is 402 g/mol. The summed E-state index contributed by atoms with van der Waals surface area (Å²) in [5.41, 5.74) is 0.510. The van der Waals surface area contributed by atoms with Gasteiger partial charge in [0.15, 0.2) is 5.75 Å². The Labute approximate surface area is 170 Å². The first kappa shape index (κ1) is 20.8. The molecule has 1 aliphatic heterocycles. The molecule has 1 saturated heterocycles. The van der Waals surface area contributed by atoms with E-state index in [2.05, 4.69) is 9.97 Å². The van der Waals surface area contributed by atoms with Crippen LogP contribution in [0.4, 0.5) is 15.1 Å². The van der Waals surface area contributed by atoms with Crippen LogP contribution in [0.5, 0.6) is 5.75 Å². The molecule has 0 bridgehead atoms. The molecule has 0 radical (unpaired) electrons. The van der Waals surface area contributed by atoms with Crippen LogP contribution in [0.1, 0.15) is 26.3 Å². The van der Waals surface area contributed by atoms with E-state index in [-0.39, 0.29) is 11.9 Å². The van der Waals surface area contributed by atoms with Gasteiger partial charge in [0.05, 0.1) is 19.0 Å². The van der Waals surface area contributed by atoms with Gasteiger partial charge in [-0.1, -0.05) is 12.1 Å². The van der Waals surface area contributed by atoms with Crippen molar-refractivity contribution in [3.63, 3.8) is 0 Å². The smallest absolute Gasteiger partial charge is 0.410 e. The molecule has 8 heteroatoms. The van der Waals surface area contributed by atoms with E-state index < -0.39 is 5.60 Å². The van der Waals surface area contributed by atoms with Gasteiger partial charge < -0.3 is 19.3 Å². The van der Waals surface area contributed by atoms with Crippen molar-refractivity contribution in [3.8, 4) is 5.75 Å². The third-order valence-corrected chi connectivity index (χ3v) is 4.40. The summed E-state index contributed by atoms with van der Waals surface area (Å²) in [5, 5.41) is 0. The summed E-state index contributed by atoms with van der Waals surface area (Å²) < 4.78 is 24.0. The lowest BCUT2D eigenvalue weighted by Crippen LogP contribution is -2.50. The van der Waals surface area contributed by atoms with Gasteiger partial charge in [-0.2, -0.15) is 0 Å². The minimum absolute atomic E-state index is 0.245. The van der Waals surface area contributed by atoms with Gasteiger partial charge in [0.2, 0.25) is 5.95 Å². The van der Waals surface area contributed by atoms with E-state index in [0.717, 1.165) is 5.56 Å². The number of benzene rings is 1. The van der Waals surface area contributed by atoms with E-state index in [0.29, 0.717) is 50.9 Å². The van der Waals surface area contributed by atoms with Gasteiger partial charge in [-0.3, -0.25) is 0 Å². The SMILES string of the molecule is CC(C)(C)OC(=O)N1CCN(c2ncc(OCCc3ccc(F)cc3)cn2)CC1. The van der Waals surface area contributed by atoms with Crippen LogP contribution in [0.25, 0.3) is 0 Å². The minimum Gasteiger partial charge on any atom is -0.490 e. The van der Waals surface area contributed by atoms with Gasteiger partial charge in [-0.05, 0) is 38.5 Å². The molecule has 29 heavy (non-hydrogen) atoms. The maximum atomic E-state index is 12.9. The lowest BCUT2D eigenvalue weighted by molar-refractivity contribution is 0.0240. The van der Waals surface area contributed by atoms with Crippen molar-refractivity contribution in [2.45, 2.75) is 32.8 Å². The summed E-state index contributed by atoms with van der Waals surface area (Å²) in [7, 11) is 0. The molecule has 0 aliphatic carbocycles. The normalized spacial score (nSPS) is 14.6. The molecule has 0 spiro atoms. The second kappa shape index (κ2) is 9.07. The van der Waals surface area contributed by atoms with E-state index in [1.54, 1.807) is 29.4 Å². The van der Waals surface area contributed by atoms with Crippen LogP contribution in [-0.4, -0.2) is 59.3 Å². The van der Waals surface area contributed by atoms with Crippen molar-refractivity contribution < 1.29 is 18.7 Å². The Kier molecular flexibility index (Phi) is 6.51. The number of nitrogens with zero attached hydrogens (tertiary/aromatic N) is 4.